The monoisotopic (exact) mass is 552 g/mol. The van der Waals surface area contributed by atoms with Gasteiger partial charge in [0.25, 0.3) is 0 Å². The van der Waals surface area contributed by atoms with Crippen molar-refractivity contribution in [3.63, 3.8) is 0 Å². The Hall–Kier alpha value is -5.06. The highest BCUT2D eigenvalue weighted by Gasteiger charge is 2.36. The minimum absolute atomic E-state index is 0.113. The van der Waals surface area contributed by atoms with E-state index in [2.05, 4.69) is 48.5 Å². The zero-order valence-electron chi connectivity index (χ0n) is 22.3. The molecule has 0 atom stereocenters. The molecule has 6 rings (SSSR count). The number of aromatic hydroxyl groups is 1. The van der Waals surface area contributed by atoms with Crippen molar-refractivity contribution in [2.24, 2.45) is 0 Å². The van der Waals surface area contributed by atoms with E-state index >= 15 is 0 Å². The molecule has 0 unspecified atom stereocenters. The number of para-hydroxylation sites is 1. The van der Waals surface area contributed by atoms with Gasteiger partial charge in [0.15, 0.2) is 0 Å². The zero-order valence-corrected chi connectivity index (χ0v) is 23.1. The topological polar surface area (TPSA) is 46.5 Å². The summed E-state index contributed by atoms with van der Waals surface area (Å²) in [7, 11) is -2.56. The maximum Gasteiger partial charge on any atom is 0.353 e. The van der Waals surface area contributed by atoms with Gasteiger partial charge in [-0.2, -0.15) is 0 Å². The van der Waals surface area contributed by atoms with Crippen molar-refractivity contribution in [2.45, 2.75) is 14.7 Å². The third-order valence-corrected chi connectivity index (χ3v) is 10.2. The summed E-state index contributed by atoms with van der Waals surface area (Å²) >= 11 is 0. The Morgan fingerprint density at radius 3 is 1.27 bits per heavy atom. The molecule has 0 saturated carbocycles. The molecule has 41 heavy (non-hydrogen) atoms. The molecule has 0 aromatic heterocycles. The highest BCUT2D eigenvalue weighted by molar-refractivity contribution is 8.30. The summed E-state index contributed by atoms with van der Waals surface area (Å²) in [5, 5.41) is 10.5. The predicted octanol–water partition coefficient (Wildman–Crippen LogP) is 9.78. The molecule has 0 saturated heterocycles. The van der Waals surface area contributed by atoms with Crippen molar-refractivity contribution >= 4 is 16.3 Å². The zero-order chi connectivity index (χ0) is 28.1. The summed E-state index contributed by atoms with van der Waals surface area (Å²) in [6, 6.07) is 53.2. The predicted molar refractivity (Wildman–Crippen MR) is 166 cm³/mol. The van der Waals surface area contributed by atoms with Crippen molar-refractivity contribution in [2.75, 3.05) is 0 Å². The fourth-order valence-corrected chi connectivity index (χ4v) is 7.91. The molecule has 6 aromatic rings. The van der Waals surface area contributed by atoms with Gasteiger partial charge in [-0.15, -0.1) is 0 Å². The first kappa shape index (κ1) is 26.2. The van der Waals surface area contributed by atoms with E-state index in [1.807, 2.05) is 91.0 Å². The van der Waals surface area contributed by atoms with E-state index in [0.717, 1.165) is 36.9 Å². The second-order valence-electron chi connectivity index (χ2n) is 9.54. The average molecular weight is 553 g/mol. The van der Waals surface area contributed by atoms with E-state index in [0.29, 0.717) is 0 Å². The molecule has 0 aliphatic heterocycles. The molecular formula is C37H28O3S. The molecule has 1 N–H and O–H groups in total. The molecule has 3 nitrogen and oxygen atoms in total. The second-order valence-corrected chi connectivity index (χ2v) is 12.2. The molecule has 0 heterocycles. The maximum atomic E-state index is 13.8. The molecule has 200 valence electrons. The van der Waals surface area contributed by atoms with Crippen molar-refractivity contribution in [1.82, 2.24) is 0 Å². The van der Waals surface area contributed by atoms with E-state index in [9.17, 15) is 9.90 Å². The lowest BCUT2D eigenvalue weighted by molar-refractivity contribution is 0.0754. The van der Waals surface area contributed by atoms with Gasteiger partial charge < -0.3 is 9.29 Å². The van der Waals surface area contributed by atoms with Crippen LogP contribution in [-0.4, -0.2) is 11.1 Å². The van der Waals surface area contributed by atoms with Gasteiger partial charge in [-0.3, -0.25) is 0 Å². The van der Waals surface area contributed by atoms with Crippen LogP contribution in [0.25, 0.3) is 22.3 Å². The van der Waals surface area contributed by atoms with Crippen LogP contribution in [0.2, 0.25) is 0 Å². The van der Waals surface area contributed by atoms with Crippen LogP contribution in [0.3, 0.4) is 0 Å². The Bertz CT molecular complexity index is 1670. The Morgan fingerprint density at radius 1 is 0.439 bits per heavy atom. The number of hydrogen-bond acceptors (Lipinski definition) is 3. The smallest absolute Gasteiger partial charge is 0.353 e. The number of benzene rings is 6. The normalized spacial score (nSPS) is 11.5. The molecule has 0 radical (unpaired) electrons. The minimum Gasteiger partial charge on any atom is -0.507 e. The van der Waals surface area contributed by atoms with E-state index in [1.165, 1.54) is 6.07 Å². The average Bonchev–Trinajstić information content (AvgIpc) is 3.05. The van der Waals surface area contributed by atoms with Crippen LogP contribution in [0.4, 0.5) is 0 Å². The Morgan fingerprint density at radius 2 is 0.805 bits per heavy atom. The van der Waals surface area contributed by atoms with Gasteiger partial charge >= 0.3 is 5.97 Å². The number of carbonyl (C=O) groups excluding carboxylic acids is 1. The molecule has 0 bridgehead atoms. The maximum absolute atomic E-state index is 13.8. The quantitative estimate of drug-likeness (QED) is 0.214. The van der Waals surface area contributed by atoms with Crippen molar-refractivity contribution in [3.8, 4) is 28.0 Å². The van der Waals surface area contributed by atoms with Crippen LogP contribution in [-0.2, 0) is 4.18 Å². The Labute approximate surface area is 241 Å². The van der Waals surface area contributed by atoms with Gasteiger partial charge in [0.1, 0.15) is 11.3 Å². The molecule has 4 heteroatoms. The summed E-state index contributed by atoms with van der Waals surface area (Å²) in [6.45, 7) is 0. The summed E-state index contributed by atoms with van der Waals surface area (Å²) in [5.74, 6) is -0.695. The summed E-state index contributed by atoms with van der Waals surface area (Å²) in [4.78, 5) is 16.4. The van der Waals surface area contributed by atoms with Crippen LogP contribution < -0.4 is 0 Å². The lowest BCUT2D eigenvalue weighted by Crippen LogP contribution is -2.14. The molecule has 0 aliphatic rings. The number of phenols is 1. The molecule has 0 aliphatic carbocycles. The number of hydrogen-bond donors (Lipinski definition) is 1. The summed E-state index contributed by atoms with van der Waals surface area (Å²) < 4.78 is 6.64. The van der Waals surface area contributed by atoms with Gasteiger partial charge in [-0.1, -0.05) is 115 Å². The fourth-order valence-electron chi connectivity index (χ4n) is 4.91. The van der Waals surface area contributed by atoms with Crippen LogP contribution in [0, 0.1) is 0 Å². The summed E-state index contributed by atoms with van der Waals surface area (Å²) in [5.41, 5.74) is 4.49. The first-order valence-electron chi connectivity index (χ1n) is 13.4. The first-order valence-corrected chi connectivity index (χ1v) is 14.9. The number of rotatable bonds is 7. The lowest BCUT2D eigenvalue weighted by atomic mass is 10.1. The Balaban J connectivity index is 1.54. The van der Waals surface area contributed by atoms with Crippen LogP contribution in [0.1, 0.15) is 10.4 Å². The molecular weight excluding hydrogens is 524 g/mol. The SMILES string of the molecule is O=C(OS(c1ccccc1)(c1ccc(-c2ccccc2)cc1)c1ccc(-c2ccccc2)cc1)c1ccccc1O. The summed E-state index contributed by atoms with van der Waals surface area (Å²) in [6.07, 6.45) is 0. The minimum atomic E-state index is -2.56. The highest BCUT2D eigenvalue weighted by Crippen LogP contribution is 2.69. The van der Waals surface area contributed by atoms with Crippen LogP contribution in [0.15, 0.2) is 178 Å². The van der Waals surface area contributed by atoms with Gasteiger partial charge in [-0.05, 0) is 81.1 Å². The van der Waals surface area contributed by atoms with E-state index in [4.69, 9.17) is 4.18 Å². The van der Waals surface area contributed by atoms with Crippen LogP contribution in [0.5, 0.6) is 5.75 Å². The van der Waals surface area contributed by atoms with E-state index in [1.54, 1.807) is 18.2 Å². The largest absolute Gasteiger partial charge is 0.507 e. The Kier molecular flexibility index (Phi) is 7.40. The molecule has 0 fully saturated rings. The van der Waals surface area contributed by atoms with Crippen molar-refractivity contribution in [1.29, 1.82) is 0 Å². The van der Waals surface area contributed by atoms with Gasteiger partial charge in [0, 0.05) is 14.7 Å². The van der Waals surface area contributed by atoms with Crippen molar-refractivity contribution < 1.29 is 14.1 Å². The van der Waals surface area contributed by atoms with Crippen molar-refractivity contribution in [3.05, 3.63) is 169 Å². The molecule has 0 spiro atoms. The molecule has 0 amide bonds. The fraction of sp³-hybridized carbons (Fsp3) is 0. The lowest BCUT2D eigenvalue weighted by Gasteiger charge is -2.40. The van der Waals surface area contributed by atoms with Crippen LogP contribution >= 0.6 is 10.3 Å². The third kappa shape index (κ3) is 5.25. The number of phenolic OH excluding ortho intramolecular Hbond substituents is 1. The van der Waals surface area contributed by atoms with E-state index < -0.39 is 16.3 Å². The standard InChI is InChI=1S/C37H28O3S/c38-36-19-11-10-18-35(36)37(39)40-41(32-16-8-3-9-17-32,33-24-20-30(21-25-33)28-12-4-1-5-13-28)34-26-22-31(23-27-34)29-14-6-2-7-15-29/h1-27,38H. The highest BCUT2D eigenvalue weighted by atomic mass is 32.3. The third-order valence-electron chi connectivity index (χ3n) is 6.99. The molecule has 6 aromatic carbocycles. The van der Waals surface area contributed by atoms with E-state index in [-0.39, 0.29) is 11.3 Å². The second kappa shape index (κ2) is 11.6. The number of carbonyl (C=O) groups is 1. The first-order chi connectivity index (χ1) is 20.1. The van der Waals surface area contributed by atoms with Gasteiger partial charge in [-0.25, -0.2) is 4.79 Å². The van der Waals surface area contributed by atoms with Gasteiger partial charge in [0.05, 0.1) is 0 Å². The van der Waals surface area contributed by atoms with Gasteiger partial charge in [0.2, 0.25) is 0 Å².